The molecule has 0 radical (unpaired) electrons. The fraction of sp³-hybridized carbons (Fsp3) is 0.273. The van der Waals surface area contributed by atoms with E-state index >= 15 is 0 Å². The Morgan fingerprint density at radius 3 is 2.59 bits per heavy atom. The molecule has 0 amide bonds. The minimum atomic E-state index is -0.691. The molecule has 0 N–H and O–H groups in total. The second kappa shape index (κ2) is 7.87. The lowest BCUT2D eigenvalue weighted by Gasteiger charge is -2.13. The zero-order chi connectivity index (χ0) is 21.3. The first-order chi connectivity index (χ1) is 13.7. The van der Waals surface area contributed by atoms with Crippen LogP contribution < -0.4 is 5.63 Å². The van der Waals surface area contributed by atoms with Gasteiger partial charge in [-0.05, 0) is 49.1 Å². The van der Waals surface area contributed by atoms with Gasteiger partial charge in [0, 0.05) is 28.6 Å². The van der Waals surface area contributed by atoms with Crippen molar-refractivity contribution in [2.75, 3.05) is 0 Å². The molecular weight excluding hydrogens is 374 g/mol. The van der Waals surface area contributed by atoms with E-state index in [1.165, 1.54) is 31.2 Å². The van der Waals surface area contributed by atoms with Crippen LogP contribution in [0.1, 0.15) is 52.4 Å². The maximum atomic E-state index is 12.5. The summed E-state index contributed by atoms with van der Waals surface area (Å²) in [5, 5.41) is 11.8. The topological polar surface area (TPSA) is 99.7 Å². The van der Waals surface area contributed by atoms with Gasteiger partial charge in [0.25, 0.3) is 5.69 Å². The van der Waals surface area contributed by atoms with Crippen LogP contribution in [-0.4, -0.2) is 10.9 Å². The Bertz CT molecular complexity index is 1180. The number of benzene rings is 2. The Labute approximate surface area is 167 Å². The number of esters is 1. The zero-order valence-corrected chi connectivity index (χ0v) is 16.6. The van der Waals surface area contributed by atoms with Crippen LogP contribution in [0.25, 0.3) is 11.0 Å². The molecule has 0 saturated carbocycles. The average molecular weight is 395 g/mol. The van der Waals surface area contributed by atoms with Gasteiger partial charge in [0.2, 0.25) is 0 Å². The van der Waals surface area contributed by atoms with E-state index in [1.54, 1.807) is 0 Å². The van der Waals surface area contributed by atoms with E-state index < -0.39 is 16.5 Å². The van der Waals surface area contributed by atoms with E-state index in [0.29, 0.717) is 16.5 Å². The highest BCUT2D eigenvalue weighted by Crippen LogP contribution is 2.28. The molecular formula is C22H21NO6. The summed E-state index contributed by atoms with van der Waals surface area (Å²) in [5.41, 5.74) is 2.73. The first-order valence-corrected chi connectivity index (χ1v) is 9.17. The number of hydrogen-bond donors (Lipinski definition) is 0. The number of nitrogens with zero attached hydrogens (tertiary/aromatic N) is 1. The predicted molar refractivity (Wildman–Crippen MR) is 108 cm³/mol. The SMILES string of the molecule is Cc1cc2oc(=O)cc(COC(=O)c3cccc([N+](=O)[O-])c3C)c2cc1C(C)C. The Balaban J connectivity index is 1.96. The molecule has 2 aromatic carbocycles. The Morgan fingerprint density at radius 1 is 1.21 bits per heavy atom. The van der Waals surface area contributed by atoms with Crippen molar-refractivity contribution in [3.8, 4) is 0 Å². The van der Waals surface area contributed by atoms with Crippen molar-refractivity contribution in [3.05, 3.63) is 84.7 Å². The lowest BCUT2D eigenvalue weighted by atomic mass is 9.95. The molecule has 7 nitrogen and oxygen atoms in total. The number of carbonyl (C=O) groups excluding carboxylic acids is 1. The summed E-state index contributed by atoms with van der Waals surface area (Å²) in [7, 11) is 0. The van der Waals surface area contributed by atoms with Gasteiger partial charge < -0.3 is 9.15 Å². The Morgan fingerprint density at radius 2 is 1.93 bits per heavy atom. The van der Waals surface area contributed by atoms with Gasteiger partial charge >= 0.3 is 11.6 Å². The number of rotatable bonds is 5. The van der Waals surface area contributed by atoms with Gasteiger partial charge in [0.1, 0.15) is 12.2 Å². The highest BCUT2D eigenvalue weighted by Gasteiger charge is 2.20. The normalized spacial score (nSPS) is 11.1. The molecule has 0 unspecified atom stereocenters. The van der Waals surface area contributed by atoms with Crippen LogP contribution in [0.4, 0.5) is 5.69 Å². The van der Waals surface area contributed by atoms with Gasteiger partial charge in [-0.1, -0.05) is 19.9 Å². The van der Waals surface area contributed by atoms with Gasteiger partial charge in [-0.3, -0.25) is 10.1 Å². The van der Waals surface area contributed by atoms with Gasteiger partial charge in [0.15, 0.2) is 0 Å². The monoisotopic (exact) mass is 395 g/mol. The van der Waals surface area contributed by atoms with Crippen molar-refractivity contribution in [2.24, 2.45) is 0 Å². The number of ether oxygens (including phenoxy) is 1. The molecule has 0 atom stereocenters. The van der Waals surface area contributed by atoms with Crippen LogP contribution >= 0.6 is 0 Å². The lowest BCUT2D eigenvalue weighted by Crippen LogP contribution is -2.10. The summed E-state index contributed by atoms with van der Waals surface area (Å²) in [6, 6.07) is 9.30. The third kappa shape index (κ3) is 4.03. The fourth-order valence-corrected chi connectivity index (χ4v) is 3.40. The van der Waals surface area contributed by atoms with Crippen molar-refractivity contribution in [1.29, 1.82) is 0 Å². The first-order valence-electron chi connectivity index (χ1n) is 9.17. The molecule has 3 aromatic rings. The van der Waals surface area contributed by atoms with E-state index in [9.17, 15) is 19.7 Å². The summed E-state index contributed by atoms with van der Waals surface area (Å²) in [5.74, 6) is -0.418. The highest BCUT2D eigenvalue weighted by molar-refractivity contribution is 5.92. The standard InChI is InChI=1S/C22H21NO6/c1-12(2)17-10-18-15(9-21(24)29-20(18)8-13(17)3)11-28-22(25)16-6-5-7-19(14(16)4)23(26)27/h5-10,12H,11H2,1-4H3. The summed E-state index contributed by atoms with van der Waals surface area (Å²) in [4.78, 5) is 35.0. The average Bonchev–Trinajstić information content (AvgIpc) is 2.64. The molecule has 0 aliphatic heterocycles. The van der Waals surface area contributed by atoms with E-state index in [2.05, 4.69) is 13.8 Å². The quantitative estimate of drug-likeness (QED) is 0.266. The molecule has 0 spiro atoms. The molecule has 150 valence electrons. The van der Waals surface area contributed by atoms with Crippen LogP contribution in [0.3, 0.4) is 0 Å². The summed E-state index contributed by atoms with van der Waals surface area (Å²) in [6.45, 7) is 7.44. The molecule has 0 saturated heterocycles. The van der Waals surface area contributed by atoms with Gasteiger partial charge in [-0.25, -0.2) is 9.59 Å². The van der Waals surface area contributed by atoms with Gasteiger partial charge in [-0.15, -0.1) is 0 Å². The van der Waals surface area contributed by atoms with Crippen LogP contribution in [0, 0.1) is 24.0 Å². The largest absolute Gasteiger partial charge is 0.457 e. The zero-order valence-electron chi connectivity index (χ0n) is 16.6. The molecule has 0 aliphatic rings. The predicted octanol–water partition coefficient (Wildman–Crippen LogP) is 4.80. The van der Waals surface area contributed by atoms with E-state index in [0.717, 1.165) is 11.1 Å². The summed E-state index contributed by atoms with van der Waals surface area (Å²) in [6.07, 6.45) is 0. The van der Waals surface area contributed by atoms with E-state index in [-0.39, 0.29) is 29.3 Å². The summed E-state index contributed by atoms with van der Waals surface area (Å²) >= 11 is 0. The third-order valence-electron chi connectivity index (χ3n) is 4.92. The fourth-order valence-electron chi connectivity index (χ4n) is 3.40. The van der Waals surface area contributed by atoms with Gasteiger partial charge in [0.05, 0.1) is 10.5 Å². The van der Waals surface area contributed by atoms with Crippen molar-refractivity contribution >= 4 is 22.6 Å². The first kappa shape index (κ1) is 20.3. The molecule has 1 aromatic heterocycles. The van der Waals surface area contributed by atoms with Crippen molar-refractivity contribution in [3.63, 3.8) is 0 Å². The number of aryl methyl sites for hydroxylation is 1. The maximum Gasteiger partial charge on any atom is 0.338 e. The van der Waals surface area contributed by atoms with Crippen LogP contribution in [0.5, 0.6) is 0 Å². The summed E-state index contributed by atoms with van der Waals surface area (Å²) < 4.78 is 10.7. The molecule has 0 fully saturated rings. The van der Waals surface area contributed by atoms with E-state index in [1.807, 2.05) is 19.1 Å². The number of carbonyl (C=O) groups is 1. The smallest absolute Gasteiger partial charge is 0.338 e. The van der Waals surface area contributed by atoms with Crippen molar-refractivity contribution in [2.45, 2.75) is 40.2 Å². The molecule has 7 heteroatoms. The second-order valence-corrected chi connectivity index (χ2v) is 7.23. The molecule has 1 heterocycles. The number of hydrogen-bond acceptors (Lipinski definition) is 6. The Kier molecular flexibility index (Phi) is 5.50. The lowest BCUT2D eigenvalue weighted by molar-refractivity contribution is -0.385. The van der Waals surface area contributed by atoms with E-state index in [4.69, 9.17) is 9.15 Å². The Hall–Kier alpha value is -3.48. The number of nitro benzene ring substituents is 1. The molecule has 0 aliphatic carbocycles. The second-order valence-electron chi connectivity index (χ2n) is 7.23. The van der Waals surface area contributed by atoms with Crippen LogP contribution in [0.2, 0.25) is 0 Å². The van der Waals surface area contributed by atoms with Crippen LogP contribution in [0.15, 0.2) is 45.6 Å². The van der Waals surface area contributed by atoms with Crippen molar-refractivity contribution < 1.29 is 18.9 Å². The molecule has 3 rings (SSSR count). The minimum absolute atomic E-state index is 0.116. The molecule has 0 bridgehead atoms. The minimum Gasteiger partial charge on any atom is -0.457 e. The maximum absolute atomic E-state index is 12.5. The number of nitro groups is 1. The van der Waals surface area contributed by atoms with Crippen molar-refractivity contribution in [1.82, 2.24) is 0 Å². The van der Waals surface area contributed by atoms with Crippen LogP contribution in [-0.2, 0) is 11.3 Å². The highest BCUT2D eigenvalue weighted by atomic mass is 16.6. The number of fused-ring (bicyclic) bond motifs is 1. The van der Waals surface area contributed by atoms with Gasteiger partial charge in [-0.2, -0.15) is 0 Å². The third-order valence-corrected chi connectivity index (χ3v) is 4.92. The molecule has 29 heavy (non-hydrogen) atoms.